The molecule has 0 fully saturated rings. The molecule has 2 heterocycles. The summed E-state index contributed by atoms with van der Waals surface area (Å²) >= 11 is 0. The molecule has 0 saturated carbocycles. The molecule has 26 heavy (non-hydrogen) atoms. The highest BCUT2D eigenvalue weighted by molar-refractivity contribution is 6.04. The van der Waals surface area contributed by atoms with E-state index in [0.717, 1.165) is 11.3 Å². The Morgan fingerprint density at radius 3 is 2.42 bits per heavy atom. The summed E-state index contributed by atoms with van der Waals surface area (Å²) in [7, 11) is 0. The van der Waals surface area contributed by atoms with Gasteiger partial charge in [0.25, 0.3) is 5.91 Å². The molecule has 0 bridgehead atoms. The number of nitrogens with zero attached hydrogens (tertiary/aromatic N) is 3. The maximum Gasteiger partial charge on any atom is 0.258 e. The van der Waals surface area contributed by atoms with Gasteiger partial charge in [-0.2, -0.15) is 0 Å². The minimum Gasteiger partial charge on any atom is -0.360 e. The molecule has 7 nitrogen and oxygen atoms in total. The highest BCUT2D eigenvalue weighted by Crippen LogP contribution is 2.29. The number of para-hydroxylation sites is 1. The molecule has 0 unspecified atom stereocenters. The number of nitrogens with one attached hydrogen (secondary N) is 2. The van der Waals surface area contributed by atoms with E-state index in [1.54, 1.807) is 13.0 Å². The molecule has 3 aromatic rings. The van der Waals surface area contributed by atoms with Gasteiger partial charge in [0.15, 0.2) is 5.82 Å². The number of hydrogen-bond donors (Lipinski definition) is 2. The lowest BCUT2D eigenvalue weighted by Crippen LogP contribution is -2.19. The van der Waals surface area contributed by atoms with Crippen molar-refractivity contribution in [1.82, 2.24) is 15.1 Å². The van der Waals surface area contributed by atoms with E-state index in [0.29, 0.717) is 23.1 Å². The Kier molecular flexibility index (Phi) is 4.71. The zero-order valence-electron chi connectivity index (χ0n) is 15.2. The predicted octanol–water partition coefficient (Wildman–Crippen LogP) is 4.07. The van der Waals surface area contributed by atoms with Gasteiger partial charge in [-0.3, -0.25) is 4.79 Å². The largest absolute Gasteiger partial charge is 0.360 e. The molecule has 0 aliphatic heterocycles. The molecular weight excluding hydrogens is 330 g/mol. The molecule has 0 saturated heterocycles. The van der Waals surface area contributed by atoms with Crippen LogP contribution in [0.2, 0.25) is 0 Å². The van der Waals surface area contributed by atoms with Crippen molar-refractivity contribution < 1.29 is 9.32 Å². The van der Waals surface area contributed by atoms with Gasteiger partial charge in [0.1, 0.15) is 5.76 Å². The summed E-state index contributed by atoms with van der Waals surface area (Å²) in [5.41, 5.74) is 2.14. The van der Waals surface area contributed by atoms with Crippen molar-refractivity contribution in [1.29, 1.82) is 0 Å². The van der Waals surface area contributed by atoms with Crippen LogP contribution in [0.3, 0.4) is 0 Å². The van der Waals surface area contributed by atoms with Gasteiger partial charge in [0, 0.05) is 24.1 Å². The molecule has 0 aliphatic rings. The third-order valence-corrected chi connectivity index (χ3v) is 3.77. The minimum absolute atomic E-state index is 0.0795. The van der Waals surface area contributed by atoms with Crippen LogP contribution in [0.15, 0.2) is 47.2 Å². The quantitative estimate of drug-likeness (QED) is 0.736. The SMILES string of the molecule is Cc1cc(Nc2ncc(C(=O)Nc3ccccc3C(C)(C)C)cn2)no1. The van der Waals surface area contributed by atoms with Crippen molar-refractivity contribution in [3.8, 4) is 0 Å². The number of amides is 1. The molecule has 3 rings (SSSR count). The Balaban J connectivity index is 1.73. The van der Waals surface area contributed by atoms with Crippen LogP contribution in [-0.2, 0) is 5.41 Å². The molecule has 0 aliphatic carbocycles. The van der Waals surface area contributed by atoms with Crippen molar-refractivity contribution in [2.24, 2.45) is 0 Å². The van der Waals surface area contributed by atoms with Gasteiger partial charge in [-0.25, -0.2) is 9.97 Å². The summed E-state index contributed by atoms with van der Waals surface area (Å²) in [4.78, 5) is 20.8. The maximum atomic E-state index is 12.5. The van der Waals surface area contributed by atoms with Crippen LogP contribution in [0, 0.1) is 6.92 Å². The first-order chi connectivity index (χ1) is 12.3. The third kappa shape index (κ3) is 4.05. The second kappa shape index (κ2) is 6.95. The van der Waals surface area contributed by atoms with Crippen molar-refractivity contribution in [3.05, 3.63) is 59.6 Å². The standard InChI is InChI=1S/C19H21N5O2/c1-12-9-16(24-26-12)23-18-20-10-13(11-21-18)17(25)22-15-8-6-5-7-14(15)19(2,3)4/h5-11H,1-4H3,(H,22,25)(H,20,21,23,24). The summed E-state index contributed by atoms with van der Waals surface area (Å²) in [5, 5.41) is 9.66. The lowest BCUT2D eigenvalue weighted by atomic mass is 9.86. The Bertz CT molecular complexity index is 910. The fourth-order valence-corrected chi connectivity index (χ4v) is 2.49. The Labute approximate surface area is 151 Å². The molecule has 0 atom stereocenters. The lowest BCUT2D eigenvalue weighted by molar-refractivity contribution is 0.102. The number of carbonyl (C=O) groups excluding carboxylic acids is 1. The van der Waals surface area contributed by atoms with Crippen LogP contribution in [0.5, 0.6) is 0 Å². The summed E-state index contributed by atoms with van der Waals surface area (Å²) in [6, 6.07) is 9.49. The van der Waals surface area contributed by atoms with Gasteiger partial charge in [-0.05, 0) is 24.0 Å². The normalized spacial score (nSPS) is 11.2. The van der Waals surface area contributed by atoms with E-state index in [2.05, 4.69) is 46.5 Å². The molecule has 7 heteroatoms. The molecule has 1 aromatic carbocycles. The smallest absolute Gasteiger partial charge is 0.258 e. The zero-order chi connectivity index (χ0) is 18.7. The first kappa shape index (κ1) is 17.6. The second-order valence-corrected chi connectivity index (χ2v) is 6.99. The second-order valence-electron chi connectivity index (χ2n) is 6.99. The van der Waals surface area contributed by atoms with Crippen molar-refractivity contribution in [3.63, 3.8) is 0 Å². The van der Waals surface area contributed by atoms with Crippen molar-refractivity contribution >= 4 is 23.4 Å². The van der Waals surface area contributed by atoms with Gasteiger partial charge in [0.2, 0.25) is 5.95 Å². The first-order valence-electron chi connectivity index (χ1n) is 8.26. The van der Waals surface area contributed by atoms with E-state index < -0.39 is 0 Å². The van der Waals surface area contributed by atoms with E-state index >= 15 is 0 Å². The van der Waals surface area contributed by atoms with Crippen molar-refractivity contribution in [2.45, 2.75) is 33.1 Å². The number of benzene rings is 1. The van der Waals surface area contributed by atoms with Gasteiger partial charge in [-0.15, -0.1) is 0 Å². The van der Waals surface area contributed by atoms with Crippen LogP contribution >= 0.6 is 0 Å². The molecule has 0 spiro atoms. The summed E-state index contributed by atoms with van der Waals surface area (Å²) < 4.78 is 4.97. The highest BCUT2D eigenvalue weighted by atomic mass is 16.5. The van der Waals surface area contributed by atoms with Crippen LogP contribution in [-0.4, -0.2) is 21.0 Å². The zero-order valence-corrected chi connectivity index (χ0v) is 15.2. The number of hydrogen-bond acceptors (Lipinski definition) is 6. The van der Waals surface area contributed by atoms with Crippen LogP contribution in [0.1, 0.15) is 42.5 Å². The van der Waals surface area contributed by atoms with E-state index in [-0.39, 0.29) is 11.3 Å². The van der Waals surface area contributed by atoms with E-state index in [1.165, 1.54) is 12.4 Å². The van der Waals surface area contributed by atoms with E-state index in [9.17, 15) is 4.79 Å². The van der Waals surface area contributed by atoms with Gasteiger partial charge in [0.05, 0.1) is 5.56 Å². The number of anilines is 3. The summed E-state index contributed by atoms with van der Waals surface area (Å²) in [5.74, 6) is 1.27. The summed E-state index contributed by atoms with van der Waals surface area (Å²) in [6.45, 7) is 8.11. The number of carbonyl (C=O) groups is 1. The average molecular weight is 351 g/mol. The van der Waals surface area contributed by atoms with E-state index in [4.69, 9.17) is 4.52 Å². The fourth-order valence-electron chi connectivity index (χ4n) is 2.49. The maximum absolute atomic E-state index is 12.5. The highest BCUT2D eigenvalue weighted by Gasteiger charge is 2.19. The molecular formula is C19H21N5O2. The van der Waals surface area contributed by atoms with Gasteiger partial charge >= 0.3 is 0 Å². The van der Waals surface area contributed by atoms with Gasteiger partial charge in [-0.1, -0.05) is 44.1 Å². The Morgan fingerprint density at radius 2 is 1.81 bits per heavy atom. The first-order valence-corrected chi connectivity index (χ1v) is 8.26. The number of aromatic nitrogens is 3. The predicted molar refractivity (Wildman–Crippen MR) is 99.6 cm³/mol. The monoisotopic (exact) mass is 351 g/mol. The fraction of sp³-hybridized carbons (Fsp3) is 0.263. The van der Waals surface area contributed by atoms with E-state index in [1.807, 2.05) is 24.3 Å². The topological polar surface area (TPSA) is 92.9 Å². The Morgan fingerprint density at radius 1 is 1.12 bits per heavy atom. The van der Waals surface area contributed by atoms with Gasteiger partial charge < -0.3 is 15.2 Å². The van der Waals surface area contributed by atoms with Crippen molar-refractivity contribution in [2.75, 3.05) is 10.6 Å². The lowest BCUT2D eigenvalue weighted by Gasteiger charge is -2.22. The number of aryl methyl sites for hydroxylation is 1. The van der Waals surface area contributed by atoms with Crippen LogP contribution in [0.25, 0.3) is 0 Å². The molecule has 134 valence electrons. The average Bonchev–Trinajstić information content (AvgIpc) is 3.00. The Hall–Kier alpha value is -3.22. The molecule has 2 N–H and O–H groups in total. The molecule has 2 aromatic heterocycles. The minimum atomic E-state index is -0.259. The molecule has 1 amide bonds. The van der Waals surface area contributed by atoms with Crippen LogP contribution in [0.4, 0.5) is 17.5 Å². The third-order valence-electron chi connectivity index (χ3n) is 3.77. The van der Waals surface area contributed by atoms with Crippen LogP contribution < -0.4 is 10.6 Å². The molecule has 0 radical (unpaired) electrons. The summed E-state index contributed by atoms with van der Waals surface area (Å²) in [6.07, 6.45) is 2.94. The number of rotatable bonds is 4.